The number of hydrogen-bond acceptors (Lipinski definition) is 3. The van der Waals surface area contributed by atoms with E-state index in [1.54, 1.807) is 0 Å². The molecule has 0 fully saturated rings. The van der Waals surface area contributed by atoms with Crippen molar-refractivity contribution in [1.29, 1.82) is 0 Å². The number of rotatable bonds is 4. The molecule has 0 amide bonds. The molecule has 4 N–H and O–H groups in total. The SMILES string of the molecule is NC(C(=O)O)C(c1ccccc1)c1ccccc1.O=C(O)C(F)(F)F. The van der Waals surface area contributed by atoms with Gasteiger partial charge in [-0.2, -0.15) is 13.2 Å². The number of alkyl halides is 3. The van der Waals surface area contributed by atoms with E-state index in [1.807, 2.05) is 60.7 Å². The number of carbonyl (C=O) groups is 2. The predicted molar refractivity (Wildman–Crippen MR) is 84.0 cm³/mol. The quantitative estimate of drug-likeness (QED) is 0.783. The van der Waals surface area contributed by atoms with Gasteiger partial charge in [0.25, 0.3) is 0 Å². The van der Waals surface area contributed by atoms with Gasteiger partial charge in [-0.15, -0.1) is 0 Å². The molecule has 5 nitrogen and oxygen atoms in total. The van der Waals surface area contributed by atoms with Crippen LogP contribution in [0.4, 0.5) is 13.2 Å². The van der Waals surface area contributed by atoms with Crippen molar-refractivity contribution in [3.8, 4) is 0 Å². The minimum absolute atomic E-state index is 0.329. The van der Waals surface area contributed by atoms with Crippen LogP contribution in [0.5, 0.6) is 0 Å². The Kier molecular flexibility index (Phi) is 7.13. The van der Waals surface area contributed by atoms with Crippen molar-refractivity contribution in [2.45, 2.75) is 18.1 Å². The Bertz CT molecular complexity index is 651. The molecule has 0 aliphatic heterocycles. The lowest BCUT2D eigenvalue weighted by molar-refractivity contribution is -0.192. The molecule has 0 aromatic heterocycles. The maximum atomic E-state index is 11.2. The van der Waals surface area contributed by atoms with Gasteiger partial charge in [0.15, 0.2) is 0 Å². The second kappa shape index (κ2) is 8.84. The van der Waals surface area contributed by atoms with E-state index < -0.39 is 24.2 Å². The van der Waals surface area contributed by atoms with Crippen LogP contribution in [0.15, 0.2) is 60.7 Å². The summed E-state index contributed by atoms with van der Waals surface area (Å²) in [5.41, 5.74) is 7.66. The molecule has 0 aliphatic carbocycles. The highest BCUT2D eigenvalue weighted by molar-refractivity contribution is 5.75. The molecule has 25 heavy (non-hydrogen) atoms. The lowest BCUT2D eigenvalue weighted by atomic mass is 9.85. The third-order valence-electron chi connectivity index (χ3n) is 3.20. The van der Waals surface area contributed by atoms with Crippen LogP contribution in [0.25, 0.3) is 0 Å². The average Bonchev–Trinajstić information content (AvgIpc) is 2.56. The van der Waals surface area contributed by atoms with Gasteiger partial charge in [0, 0.05) is 5.92 Å². The Morgan fingerprint density at radius 2 is 1.16 bits per heavy atom. The highest BCUT2D eigenvalue weighted by atomic mass is 19.4. The number of carboxylic acids is 2. The molecular formula is C17H16F3NO4. The fraction of sp³-hybridized carbons (Fsp3) is 0.176. The topological polar surface area (TPSA) is 101 Å². The van der Waals surface area contributed by atoms with Gasteiger partial charge in [0.05, 0.1) is 0 Å². The van der Waals surface area contributed by atoms with Crippen molar-refractivity contribution in [1.82, 2.24) is 0 Å². The molecule has 0 saturated carbocycles. The number of hydrogen-bond donors (Lipinski definition) is 3. The summed E-state index contributed by atoms with van der Waals surface area (Å²) < 4.78 is 31.7. The van der Waals surface area contributed by atoms with Crippen molar-refractivity contribution in [2.75, 3.05) is 0 Å². The van der Waals surface area contributed by atoms with Crippen LogP contribution in [0, 0.1) is 0 Å². The molecule has 134 valence electrons. The molecule has 2 aromatic carbocycles. The standard InChI is InChI=1S/C15H15NO2.C2HF3O2/c16-14(15(17)18)13(11-7-3-1-4-8-11)12-9-5-2-6-10-12;3-2(4,5)1(6)7/h1-10,13-14H,16H2,(H,17,18);(H,6,7). The molecule has 0 radical (unpaired) electrons. The summed E-state index contributed by atoms with van der Waals surface area (Å²) in [5.74, 6) is -4.08. The van der Waals surface area contributed by atoms with Crippen molar-refractivity contribution < 1.29 is 33.0 Å². The van der Waals surface area contributed by atoms with E-state index in [-0.39, 0.29) is 5.92 Å². The van der Waals surface area contributed by atoms with Crippen LogP contribution >= 0.6 is 0 Å². The average molecular weight is 355 g/mol. The van der Waals surface area contributed by atoms with Gasteiger partial charge >= 0.3 is 18.1 Å². The number of carboxylic acid groups (broad SMARTS) is 2. The fourth-order valence-electron chi connectivity index (χ4n) is 2.07. The summed E-state index contributed by atoms with van der Waals surface area (Å²) in [4.78, 5) is 20.1. The first-order chi connectivity index (χ1) is 11.6. The zero-order chi connectivity index (χ0) is 19.0. The normalized spacial score (nSPS) is 12.0. The Labute approximate surface area is 141 Å². The summed E-state index contributed by atoms with van der Waals surface area (Å²) in [6.45, 7) is 0. The fourth-order valence-corrected chi connectivity index (χ4v) is 2.07. The van der Waals surface area contributed by atoms with Crippen LogP contribution in [-0.4, -0.2) is 34.4 Å². The number of halogens is 3. The zero-order valence-corrected chi connectivity index (χ0v) is 12.9. The van der Waals surface area contributed by atoms with E-state index in [9.17, 15) is 18.0 Å². The van der Waals surface area contributed by atoms with Crippen molar-refractivity contribution >= 4 is 11.9 Å². The van der Waals surface area contributed by atoms with Gasteiger partial charge in [-0.1, -0.05) is 60.7 Å². The largest absolute Gasteiger partial charge is 0.490 e. The Morgan fingerprint density at radius 3 is 1.40 bits per heavy atom. The van der Waals surface area contributed by atoms with E-state index in [4.69, 9.17) is 20.7 Å². The van der Waals surface area contributed by atoms with Crippen molar-refractivity contribution in [2.24, 2.45) is 5.73 Å². The second-order valence-electron chi connectivity index (χ2n) is 4.97. The van der Waals surface area contributed by atoms with Crippen molar-refractivity contribution in [3.05, 3.63) is 71.8 Å². The summed E-state index contributed by atoms with van der Waals surface area (Å²) in [6, 6.07) is 18.0. The molecular weight excluding hydrogens is 339 g/mol. The van der Waals surface area contributed by atoms with E-state index in [0.29, 0.717) is 0 Å². The van der Waals surface area contributed by atoms with Gasteiger partial charge in [0.1, 0.15) is 6.04 Å². The van der Waals surface area contributed by atoms with E-state index in [2.05, 4.69) is 0 Å². The number of benzene rings is 2. The van der Waals surface area contributed by atoms with Gasteiger partial charge in [-0.05, 0) is 11.1 Å². The van der Waals surface area contributed by atoms with Gasteiger partial charge < -0.3 is 15.9 Å². The smallest absolute Gasteiger partial charge is 0.480 e. The molecule has 0 aliphatic rings. The first-order valence-electron chi connectivity index (χ1n) is 7.03. The third kappa shape index (κ3) is 6.27. The van der Waals surface area contributed by atoms with Gasteiger partial charge in [0.2, 0.25) is 0 Å². The monoisotopic (exact) mass is 355 g/mol. The van der Waals surface area contributed by atoms with Crippen LogP contribution < -0.4 is 5.73 Å². The molecule has 2 rings (SSSR count). The Balaban J connectivity index is 0.000000381. The minimum atomic E-state index is -5.08. The van der Waals surface area contributed by atoms with Gasteiger partial charge in [-0.25, -0.2) is 4.79 Å². The molecule has 1 unspecified atom stereocenters. The molecule has 1 atom stereocenters. The first-order valence-corrected chi connectivity index (χ1v) is 7.03. The Hall–Kier alpha value is -2.87. The second-order valence-corrected chi connectivity index (χ2v) is 4.97. The van der Waals surface area contributed by atoms with Crippen LogP contribution in [-0.2, 0) is 9.59 Å². The minimum Gasteiger partial charge on any atom is -0.480 e. The molecule has 0 spiro atoms. The van der Waals surface area contributed by atoms with Crippen LogP contribution in [0.2, 0.25) is 0 Å². The summed E-state index contributed by atoms with van der Waals surface area (Å²) in [7, 11) is 0. The first kappa shape index (κ1) is 20.2. The van der Waals surface area contributed by atoms with Crippen molar-refractivity contribution in [3.63, 3.8) is 0 Å². The van der Waals surface area contributed by atoms with E-state index in [0.717, 1.165) is 11.1 Å². The lowest BCUT2D eigenvalue weighted by Gasteiger charge is -2.21. The highest BCUT2D eigenvalue weighted by Gasteiger charge is 2.38. The van der Waals surface area contributed by atoms with E-state index >= 15 is 0 Å². The zero-order valence-electron chi connectivity index (χ0n) is 12.9. The molecule has 0 bridgehead atoms. The predicted octanol–water partition coefficient (Wildman–Crippen LogP) is 2.86. The Morgan fingerprint density at radius 1 is 0.840 bits per heavy atom. The molecule has 0 saturated heterocycles. The van der Waals surface area contributed by atoms with Crippen LogP contribution in [0.3, 0.4) is 0 Å². The maximum Gasteiger partial charge on any atom is 0.490 e. The summed E-state index contributed by atoms with van der Waals surface area (Å²) in [6.07, 6.45) is -5.08. The third-order valence-corrected chi connectivity index (χ3v) is 3.20. The summed E-state index contributed by atoms with van der Waals surface area (Å²) in [5, 5.41) is 16.3. The molecule has 0 heterocycles. The number of nitrogens with two attached hydrogens (primary N) is 1. The molecule has 2 aromatic rings. The molecule has 8 heteroatoms. The number of aliphatic carboxylic acids is 2. The summed E-state index contributed by atoms with van der Waals surface area (Å²) >= 11 is 0. The highest BCUT2D eigenvalue weighted by Crippen LogP contribution is 2.27. The maximum absolute atomic E-state index is 11.2. The van der Waals surface area contributed by atoms with Gasteiger partial charge in [-0.3, -0.25) is 4.79 Å². The van der Waals surface area contributed by atoms with Crippen LogP contribution in [0.1, 0.15) is 17.0 Å². The lowest BCUT2D eigenvalue weighted by Crippen LogP contribution is -2.37. The van der Waals surface area contributed by atoms with E-state index in [1.165, 1.54) is 0 Å².